The van der Waals surface area contributed by atoms with Gasteiger partial charge in [-0.2, -0.15) is 13.2 Å². The molecule has 2 aromatic rings. The Morgan fingerprint density at radius 3 is 2.83 bits per heavy atom. The van der Waals surface area contributed by atoms with Crippen LogP contribution in [0.3, 0.4) is 0 Å². The summed E-state index contributed by atoms with van der Waals surface area (Å²) in [4.78, 5) is 21.7. The Balaban J connectivity index is 1.20. The summed E-state index contributed by atoms with van der Waals surface area (Å²) in [6, 6.07) is 8.41. The lowest BCUT2D eigenvalue weighted by atomic mass is 9.95. The summed E-state index contributed by atoms with van der Waals surface area (Å²) in [6.45, 7) is 4.45. The fourth-order valence-electron chi connectivity index (χ4n) is 5.75. The van der Waals surface area contributed by atoms with Gasteiger partial charge in [0.2, 0.25) is 5.91 Å². The molecule has 1 amide bonds. The highest BCUT2D eigenvalue weighted by molar-refractivity contribution is 5.78. The first kappa shape index (κ1) is 25.2. The van der Waals surface area contributed by atoms with Crippen molar-refractivity contribution in [1.82, 2.24) is 20.1 Å². The molecule has 194 valence electrons. The van der Waals surface area contributed by atoms with Gasteiger partial charge in [-0.15, -0.1) is 0 Å². The predicted octanol–water partition coefficient (Wildman–Crippen LogP) is 3.30. The number of carbonyl (C=O) groups excluding carboxylic acids is 1. The number of hydrogen-bond donors (Lipinski definition) is 1. The molecule has 1 N–H and O–H groups in total. The summed E-state index contributed by atoms with van der Waals surface area (Å²) in [6.07, 6.45) is 2.83. The first-order chi connectivity index (χ1) is 17.3. The average Bonchev–Trinajstić information content (AvgIpc) is 3.53. The maximum Gasteiger partial charge on any atom is 0.416 e. The SMILES string of the molecule is O=C(CN1CCc2ccc(C(F)(F)F)cc2C1)NC1CN(C2CCOC2)C[C@@H]1CCc1cccnc1. The van der Waals surface area contributed by atoms with E-state index in [-0.39, 0.29) is 18.5 Å². The fourth-order valence-corrected chi connectivity index (χ4v) is 5.75. The van der Waals surface area contributed by atoms with Gasteiger partial charge in [0, 0.05) is 57.3 Å². The zero-order valence-electron chi connectivity index (χ0n) is 20.3. The topological polar surface area (TPSA) is 57.7 Å². The van der Waals surface area contributed by atoms with E-state index in [1.807, 2.05) is 17.2 Å². The zero-order chi connectivity index (χ0) is 25.1. The van der Waals surface area contributed by atoms with Crippen LogP contribution in [0.1, 0.15) is 35.1 Å². The summed E-state index contributed by atoms with van der Waals surface area (Å²) in [5, 5.41) is 3.27. The number of aromatic nitrogens is 1. The zero-order valence-corrected chi connectivity index (χ0v) is 20.3. The van der Waals surface area contributed by atoms with Crippen LogP contribution in [-0.2, 0) is 35.1 Å². The smallest absolute Gasteiger partial charge is 0.380 e. The van der Waals surface area contributed by atoms with Crippen molar-refractivity contribution in [2.45, 2.75) is 50.5 Å². The normalized spacial score (nSPS) is 25.1. The Kier molecular flexibility index (Phi) is 7.60. The molecule has 9 heteroatoms. The molecule has 2 unspecified atom stereocenters. The average molecular weight is 503 g/mol. The number of benzene rings is 1. The van der Waals surface area contributed by atoms with Crippen LogP contribution in [0, 0.1) is 5.92 Å². The first-order valence-electron chi connectivity index (χ1n) is 12.8. The number of nitrogens with zero attached hydrogens (tertiary/aromatic N) is 3. The maximum absolute atomic E-state index is 13.2. The number of alkyl halides is 3. The summed E-state index contributed by atoms with van der Waals surface area (Å²) in [7, 11) is 0. The maximum atomic E-state index is 13.2. The molecule has 3 atom stereocenters. The third kappa shape index (κ3) is 6.07. The molecular weight excluding hydrogens is 469 g/mol. The van der Waals surface area contributed by atoms with E-state index in [4.69, 9.17) is 4.74 Å². The first-order valence-corrected chi connectivity index (χ1v) is 12.8. The molecule has 0 radical (unpaired) electrons. The highest BCUT2D eigenvalue weighted by atomic mass is 19.4. The molecule has 4 heterocycles. The molecule has 2 fully saturated rings. The van der Waals surface area contributed by atoms with Crippen molar-refractivity contribution in [2.75, 3.05) is 39.4 Å². The minimum atomic E-state index is -4.36. The summed E-state index contributed by atoms with van der Waals surface area (Å²) >= 11 is 0. The molecule has 36 heavy (non-hydrogen) atoms. The van der Waals surface area contributed by atoms with Crippen LogP contribution < -0.4 is 5.32 Å². The second kappa shape index (κ2) is 10.9. The lowest BCUT2D eigenvalue weighted by Gasteiger charge is -2.29. The van der Waals surface area contributed by atoms with E-state index in [1.165, 1.54) is 11.6 Å². The highest BCUT2D eigenvalue weighted by Gasteiger charge is 2.38. The van der Waals surface area contributed by atoms with Gasteiger partial charge in [0.25, 0.3) is 0 Å². The number of carbonyl (C=O) groups is 1. The quantitative estimate of drug-likeness (QED) is 0.630. The molecule has 1 aromatic carbocycles. The Bertz CT molecular complexity index is 1040. The van der Waals surface area contributed by atoms with Crippen molar-refractivity contribution >= 4 is 5.91 Å². The standard InChI is InChI=1S/C27H33F3N4O2/c28-27(29,30)23-6-5-20-7-10-33(14-22(20)12-23)17-26(35)32-25-16-34(24-8-11-36-18-24)15-21(25)4-3-19-2-1-9-31-13-19/h1-2,5-6,9,12-13,21,24-25H,3-4,7-8,10-11,14-18H2,(H,32,35)/t21-,24?,25?/m0/s1. The molecule has 3 aliphatic rings. The number of pyridine rings is 1. The van der Waals surface area contributed by atoms with Crippen molar-refractivity contribution in [1.29, 1.82) is 0 Å². The number of amides is 1. The van der Waals surface area contributed by atoms with Crippen LogP contribution in [0.5, 0.6) is 0 Å². The molecular formula is C27H33F3N4O2. The van der Waals surface area contributed by atoms with Crippen molar-refractivity contribution in [3.05, 3.63) is 65.0 Å². The molecule has 0 spiro atoms. The van der Waals surface area contributed by atoms with Gasteiger partial charge in [-0.3, -0.25) is 19.6 Å². The van der Waals surface area contributed by atoms with Crippen molar-refractivity contribution in [3.63, 3.8) is 0 Å². The van der Waals surface area contributed by atoms with E-state index >= 15 is 0 Å². The minimum Gasteiger partial charge on any atom is -0.380 e. The largest absolute Gasteiger partial charge is 0.416 e. The van der Waals surface area contributed by atoms with Gasteiger partial charge in [0.1, 0.15) is 0 Å². The van der Waals surface area contributed by atoms with Gasteiger partial charge in [-0.1, -0.05) is 12.1 Å². The molecule has 0 saturated carbocycles. The van der Waals surface area contributed by atoms with E-state index in [1.54, 1.807) is 12.3 Å². The van der Waals surface area contributed by atoms with Crippen LogP contribution in [0.15, 0.2) is 42.7 Å². The number of aryl methyl sites for hydroxylation is 1. The van der Waals surface area contributed by atoms with Crippen LogP contribution in [0.2, 0.25) is 0 Å². The predicted molar refractivity (Wildman–Crippen MR) is 129 cm³/mol. The third-order valence-electron chi connectivity index (χ3n) is 7.76. The summed E-state index contributed by atoms with van der Waals surface area (Å²) in [5.41, 5.74) is 2.15. The van der Waals surface area contributed by atoms with E-state index in [9.17, 15) is 18.0 Å². The highest BCUT2D eigenvalue weighted by Crippen LogP contribution is 2.32. The Morgan fingerprint density at radius 1 is 1.19 bits per heavy atom. The van der Waals surface area contributed by atoms with E-state index in [2.05, 4.69) is 21.3 Å². The molecule has 5 rings (SSSR count). The Labute approximate surface area is 209 Å². The van der Waals surface area contributed by atoms with E-state index < -0.39 is 11.7 Å². The van der Waals surface area contributed by atoms with Gasteiger partial charge in [-0.25, -0.2) is 0 Å². The van der Waals surface area contributed by atoms with E-state index in [0.29, 0.717) is 37.0 Å². The number of hydrogen-bond acceptors (Lipinski definition) is 5. The van der Waals surface area contributed by atoms with Crippen LogP contribution in [0.4, 0.5) is 13.2 Å². The number of fused-ring (bicyclic) bond motifs is 1. The van der Waals surface area contributed by atoms with Crippen LogP contribution in [0.25, 0.3) is 0 Å². The molecule has 0 bridgehead atoms. The molecule has 3 aliphatic heterocycles. The lowest BCUT2D eigenvalue weighted by molar-refractivity contribution is -0.137. The molecule has 2 saturated heterocycles. The number of nitrogens with one attached hydrogen (secondary N) is 1. The fraction of sp³-hybridized carbons (Fsp3) is 0.556. The van der Waals surface area contributed by atoms with Crippen LogP contribution >= 0.6 is 0 Å². The minimum absolute atomic E-state index is 0.0451. The number of halogens is 3. The second-order valence-electron chi connectivity index (χ2n) is 10.2. The number of ether oxygens (including phenoxy) is 1. The monoisotopic (exact) mass is 502 g/mol. The molecule has 6 nitrogen and oxygen atoms in total. The molecule has 0 aliphatic carbocycles. The Hall–Kier alpha value is -2.49. The van der Waals surface area contributed by atoms with Gasteiger partial charge in [0.15, 0.2) is 0 Å². The van der Waals surface area contributed by atoms with Crippen molar-refractivity contribution < 1.29 is 22.7 Å². The van der Waals surface area contributed by atoms with Gasteiger partial charge in [-0.05, 0) is 66.5 Å². The van der Waals surface area contributed by atoms with Gasteiger partial charge >= 0.3 is 6.18 Å². The number of rotatable bonds is 7. The van der Waals surface area contributed by atoms with Crippen LogP contribution in [-0.4, -0.2) is 72.2 Å². The third-order valence-corrected chi connectivity index (χ3v) is 7.76. The van der Waals surface area contributed by atoms with Crippen molar-refractivity contribution in [3.8, 4) is 0 Å². The van der Waals surface area contributed by atoms with Crippen molar-refractivity contribution in [2.24, 2.45) is 5.92 Å². The Morgan fingerprint density at radius 2 is 2.08 bits per heavy atom. The summed E-state index contributed by atoms with van der Waals surface area (Å²) < 4.78 is 45.0. The van der Waals surface area contributed by atoms with Gasteiger partial charge in [0.05, 0.1) is 18.7 Å². The number of likely N-dealkylation sites (tertiary alicyclic amines) is 1. The van der Waals surface area contributed by atoms with E-state index in [0.717, 1.165) is 57.2 Å². The lowest BCUT2D eigenvalue weighted by Crippen LogP contribution is -2.46. The van der Waals surface area contributed by atoms with Gasteiger partial charge < -0.3 is 10.1 Å². The summed E-state index contributed by atoms with van der Waals surface area (Å²) in [5.74, 6) is 0.262. The molecule has 1 aromatic heterocycles. The second-order valence-corrected chi connectivity index (χ2v) is 10.2.